The lowest BCUT2D eigenvalue weighted by Crippen LogP contribution is -2.37. The summed E-state index contributed by atoms with van der Waals surface area (Å²) in [6.07, 6.45) is -4.50. The highest BCUT2D eigenvalue weighted by atomic mass is 35.5. The molecule has 0 saturated heterocycles. The maximum Gasteiger partial charge on any atom is 0.416 e. The second-order valence-electron chi connectivity index (χ2n) is 7.34. The van der Waals surface area contributed by atoms with Gasteiger partial charge in [-0.1, -0.05) is 41.4 Å². The molecule has 0 saturated carbocycles. The monoisotopic (exact) mass is 496 g/mol. The third kappa shape index (κ3) is 6.56. The molecule has 0 atom stereocenters. The highest BCUT2D eigenvalue weighted by Crippen LogP contribution is 2.30. The number of carbonyl (C=O) groups is 1. The zero-order valence-corrected chi connectivity index (χ0v) is 19.0. The van der Waals surface area contributed by atoms with Gasteiger partial charge in [-0.15, -0.1) is 0 Å². The molecular weight excluding hydrogens is 477 g/mol. The van der Waals surface area contributed by atoms with Crippen molar-refractivity contribution in [1.82, 2.24) is 4.31 Å². The van der Waals surface area contributed by atoms with Gasteiger partial charge in [-0.2, -0.15) is 17.5 Å². The molecule has 3 rings (SSSR count). The summed E-state index contributed by atoms with van der Waals surface area (Å²) in [6, 6.07) is 16.6. The molecule has 0 aliphatic carbocycles. The van der Waals surface area contributed by atoms with Gasteiger partial charge in [0.1, 0.15) is 0 Å². The topological polar surface area (TPSA) is 66.5 Å². The van der Waals surface area contributed by atoms with E-state index in [2.05, 4.69) is 5.32 Å². The minimum absolute atomic E-state index is 0.0115. The van der Waals surface area contributed by atoms with Crippen LogP contribution in [0.1, 0.15) is 16.7 Å². The number of hydrogen-bond donors (Lipinski definition) is 1. The van der Waals surface area contributed by atoms with Gasteiger partial charge in [-0.3, -0.25) is 4.79 Å². The summed E-state index contributed by atoms with van der Waals surface area (Å²) >= 11 is 6.01. The summed E-state index contributed by atoms with van der Waals surface area (Å²) in [5.41, 5.74) is 0.698. The molecule has 174 valence electrons. The number of nitrogens with one attached hydrogen (secondary N) is 1. The maximum atomic E-state index is 13.3. The lowest BCUT2D eigenvalue weighted by Gasteiger charge is -2.22. The largest absolute Gasteiger partial charge is 0.416 e. The predicted molar refractivity (Wildman–Crippen MR) is 120 cm³/mol. The van der Waals surface area contributed by atoms with E-state index in [1.54, 1.807) is 36.4 Å². The summed E-state index contributed by atoms with van der Waals surface area (Å²) in [5, 5.41) is 2.85. The molecule has 10 heteroatoms. The van der Waals surface area contributed by atoms with Gasteiger partial charge in [-0.25, -0.2) is 8.42 Å². The van der Waals surface area contributed by atoms with Crippen LogP contribution in [0.15, 0.2) is 77.7 Å². The predicted octanol–water partition coefficient (Wildman–Crippen LogP) is 5.50. The molecule has 0 aromatic heterocycles. The first-order valence-corrected chi connectivity index (χ1v) is 11.6. The van der Waals surface area contributed by atoms with E-state index in [1.807, 2.05) is 6.92 Å². The van der Waals surface area contributed by atoms with Crippen LogP contribution in [-0.2, 0) is 27.5 Å². The Labute approximate surface area is 194 Å². The van der Waals surface area contributed by atoms with E-state index in [1.165, 1.54) is 12.1 Å². The molecule has 0 unspecified atom stereocenters. The molecule has 1 amide bonds. The van der Waals surface area contributed by atoms with Gasteiger partial charge in [-0.05, 0) is 61.0 Å². The second kappa shape index (κ2) is 9.94. The number of benzene rings is 3. The number of hydrogen-bond acceptors (Lipinski definition) is 3. The molecule has 0 spiro atoms. The quantitative estimate of drug-likeness (QED) is 0.470. The fourth-order valence-electron chi connectivity index (χ4n) is 3.03. The van der Waals surface area contributed by atoms with Crippen LogP contribution in [0.5, 0.6) is 0 Å². The Morgan fingerprint density at radius 1 is 1.00 bits per heavy atom. The van der Waals surface area contributed by atoms with Crippen molar-refractivity contribution >= 4 is 33.2 Å². The number of halogens is 4. The zero-order valence-electron chi connectivity index (χ0n) is 17.4. The van der Waals surface area contributed by atoms with Crippen molar-refractivity contribution in [3.63, 3.8) is 0 Å². The van der Waals surface area contributed by atoms with Crippen LogP contribution in [0.4, 0.5) is 18.9 Å². The van der Waals surface area contributed by atoms with Crippen molar-refractivity contribution in [2.45, 2.75) is 24.5 Å². The number of sulfonamides is 1. The van der Waals surface area contributed by atoms with Crippen LogP contribution in [0.2, 0.25) is 5.02 Å². The van der Waals surface area contributed by atoms with E-state index < -0.39 is 34.2 Å². The van der Waals surface area contributed by atoms with Crippen LogP contribution >= 0.6 is 11.6 Å². The lowest BCUT2D eigenvalue weighted by molar-refractivity contribution is -0.137. The molecule has 3 aromatic carbocycles. The van der Waals surface area contributed by atoms with E-state index in [0.29, 0.717) is 10.6 Å². The Morgan fingerprint density at radius 3 is 2.21 bits per heavy atom. The van der Waals surface area contributed by atoms with E-state index in [4.69, 9.17) is 11.6 Å². The van der Waals surface area contributed by atoms with Crippen LogP contribution in [-0.4, -0.2) is 25.2 Å². The average molecular weight is 497 g/mol. The third-order valence-corrected chi connectivity index (χ3v) is 6.76. The van der Waals surface area contributed by atoms with E-state index in [9.17, 15) is 26.4 Å². The lowest BCUT2D eigenvalue weighted by atomic mass is 10.2. The van der Waals surface area contributed by atoms with Crippen LogP contribution in [0.3, 0.4) is 0 Å². The van der Waals surface area contributed by atoms with Crippen LogP contribution < -0.4 is 5.32 Å². The fourth-order valence-corrected chi connectivity index (χ4v) is 4.62. The second-order valence-corrected chi connectivity index (χ2v) is 9.71. The molecular formula is C23H20ClF3N2O3S. The van der Waals surface area contributed by atoms with Gasteiger partial charge in [0.25, 0.3) is 0 Å². The van der Waals surface area contributed by atoms with Crippen molar-refractivity contribution in [1.29, 1.82) is 0 Å². The Kier molecular flexibility index (Phi) is 7.46. The van der Waals surface area contributed by atoms with Crippen molar-refractivity contribution < 1.29 is 26.4 Å². The highest BCUT2D eigenvalue weighted by Gasteiger charge is 2.30. The molecule has 33 heavy (non-hydrogen) atoms. The summed E-state index contributed by atoms with van der Waals surface area (Å²) in [6.45, 7) is 1.14. The minimum Gasteiger partial charge on any atom is -0.325 e. The van der Waals surface area contributed by atoms with Crippen LogP contribution in [0, 0.1) is 6.92 Å². The average Bonchev–Trinajstić information content (AvgIpc) is 2.73. The van der Waals surface area contributed by atoms with Gasteiger partial charge in [0, 0.05) is 17.3 Å². The van der Waals surface area contributed by atoms with Gasteiger partial charge in [0.2, 0.25) is 15.9 Å². The molecule has 0 radical (unpaired) electrons. The molecule has 5 nitrogen and oxygen atoms in total. The third-order valence-electron chi connectivity index (χ3n) is 4.72. The number of rotatable bonds is 7. The Morgan fingerprint density at radius 2 is 1.64 bits per heavy atom. The Hall–Kier alpha value is -2.88. The first-order valence-electron chi connectivity index (χ1n) is 9.73. The summed E-state index contributed by atoms with van der Waals surface area (Å²) in [5.74, 6) is -0.701. The smallest absolute Gasteiger partial charge is 0.325 e. The Bertz CT molecular complexity index is 1230. The number of amides is 1. The SMILES string of the molecule is Cc1ccc(S(=O)(=O)N(CC(=O)Nc2ccc(C(F)(F)F)cc2)Cc2cccc(Cl)c2)cc1. The number of aryl methyl sites for hydroxylation is 1. The van der Waals surface area contributed by atoms with E-state index in [0.717, 1.165) is 34.1 Å². The number of anilines is 1. The highest BCUT2D eigenvalue weighted by molar-refractivity contribution is 7.89. The van der Waals surface area contributed by atoms with Gasteiger partial charge in [0.15, 0.2) is 0 Å². The first-order chi connectivity index (χ1) is 15.4. The van der Waals surface area contributed by atoms with Crippen molar-refractivity contribution in [3.05, 3.63) is 94.5 Å². The molecule has 0 fully saturated rings. The van der Waals surface area contributed by atoms with Gasteiger partial charge < -0.3 is 5.32 Å². The minimum atomic E-state index is -4.50. The van der Waals surface area contributed by atoms with E-state index >= 15 is 0 Å². The number of alkyl halides is 3. The summed E-state index contributed by atoms with van der Waals surface area (Å²) in [7, 11) is -4.06. The van der Waals surface area contributed by atoms with Crippen molar-refractivity contribution in [3.8, 4) is 0 Å². The van der Waals surface area contributed by atoms with Crippen LogP contribution in [0.25, 0.3) is 0 Å². The zero-order chi connectivity index (χ0) is 24.2. The molecule has 0 heterocycles. The molecule has 0 aliphatic rings. The molecule has 0 aliphatic heterocycles. The van der Waals surface area contributed by atoms with E-state index in [-0.39, 0.29) is 17.1 Å². The summed E-state index contributed by atoms with van der Waals surface area (Å²) < 4.78 is 65.7. The standard InChI is InChI=1S/C23H20ClF3N2O3S/c1-16-5-11-21(12-6-16)33(31,32)29(14-17-3-2-4-19(24)13-17)15-22(30)28-20-9-7-18(8-10-20)23(25,26)27/h2-13H,14-15H2,1H3,(H,28,30). The number of carbonyl (C=O) groups excluding carboxylic acids is 1. The van der Waals surface area contributed by atoms with Gasteiger partial charge >= 0.3 is 6.18 Å². The number of nitrogens with zero attached hydrogens (tertiary/aromatic N) is 1. The summed E-state index contributed by atoms with van der Waals surface area (Å²) in [4.78, 5) is 12.6. The van der Waals surface area contributed by atoms with Crippen molar-refractivity contribution in [2.75, 3.05) is 11.9 Å². The molecule has 1 N–H and O–H groups in total. The normalized spacial score (nSPS) is 12.1. The fraction of sp³-hybridized carbons (Fsp3) is 0.174. The maximum absolute atomic E-state index is 13.3. The van der Waals surface area contributed by atoms with Gasteiger partial charge in [0.05, 0.1) is 17.0 Å². The molecule has 3 aromatic rings. The van der Waals surface area contributed by atoms with Crippen molar-refractivity contribution in [2.24, 2.45) is 0 Å². The molecule has 0 bridgehead atoms. The Balaban J connectivity index is 1.84. The first kappa shape index (κ1) is 24.8.